The minimum absolute atomic E-state index is 0.0161. The molecule has 8 heteroatoms. The number of halogens is 1. The van der Waals surface area contributed by atoms with Gasteiger partial charge < -0.3 is 15.2 Å². The number of carboxylic acid groups (broad SMARTS) is 1. The van der Waals surface area contributed by atoms with Gasteiger partial charge in [0.15, 0.2) is 0 Å². The van der Waals surface area contributed by atoms with E-state index in [0.717, 1.165) is 0 Å². The number of aliphatic carboxylic acids is 1. The van der Waals surface area contributed by atoms with E-state index in [0.29, 0.717) is 15.7 Å². The van der Waals surface area contributed by atoms with Crippen LogP contribution in [-0.2, 0) is 9.53 Å². The summed E-state index contributed by atoms with van der Waals surface area (Å²) in [7, 11) is 1.40. The molecule has 2 N–H and O–H groups in total. The number of carboxylic acids is 1. The largest absolute Gasteiger partial charge is 0.480 e. The van der Waals surface area contributed by atoms with E-state index in [9.17, 15) is 14.9 Å². The highest BCUT2D eigenvalue weighted by Crippen LogP contribution is 2.31. The summed E-state index contributed by atoms with van der Waals surface area (Å²) in [6, 6.07) is 1.93. The van der Waals surface area contributed by atoms with Crippen molar-refractivity contribution in [1.29, 1.82) is 0 Å². The van der Waals surface area contributed by atoms with Crippen molar-refractivity contribution in [2.75, 3.05) is 19.0 Å². The molecule has 1 unspecified atom stereocenters. The lowest BCUT2D eigenvalue weighted by atomic mass is 10.1. The van der Waals surface area contributed by atoms with Crippen LogP contribution in [0.1, 0.15) is 5.56 Å². The van der Waals surface area contributed by atoms with Gasteiger partial charge in [-0.25, -0.2) is 4.79 Å². The molecule has 0 saturated heterocycles. The maximum Gasteiger partial charge on any atom is 0.328 e. The van der Waals surface area contributed by atoms with Crippen molar-refractivity contribution in [2.45, 2.75) is 13.0 Å². The Morgan fingerprint density at radius 2 is 2.26 bits per heavy atom. The molecule has 0 radical (unpaired) electrons. The predicted octanol–water partition coefficient (Wildman–Crippen LogP) is 2.18. The Hall–Kier alpha value is -1.67. The molecule has 1 aromatic carbocycles. The van der Waals surface area contributed by atoms with E-state index in [-0.39, 0.29) is 12.3 Å². The molecule has 19 heavy (non-hydrogen) atoms. The monoisotopic (exact) mass is 332 g/mol. The van der Waals surface area contributed by atoms with Crippen molar-refractivity contribution < 1.29 is 19.6 Å². The summed E-state index contributed by atoms with van der Waals surface area (Å²) in [5.74, 6) is -1.07. The van der Waals surface area contributed by atoms with Crippen molar-refractivity contribution in [3.8, 4) is 0 Å². The fourth-order valence-electron chi connectivity index (χ4n) is 1.51. The highest BCUT2D eigenvalue weighted by atomic mass is 79.9. The lowest BCUT2D eigenvalue weighted by Crippen LogP contribution is -2.33. The summed E-state index contributed by atoms with van der Waals surface area (Å²) in [5.41, 5.74) is 0.876. The maximum atomic E-state index is 11.0. The summed E-state index contributed by atoms with van der Waals surface area (Å²) < 4.78 is 5.23. The Morgan fingerprint density at radius 1 is 1.63 bits per heavy atom. The van der Waals surface area contributed by atoms with Gasteiger partial charge in [-0.15, -0.1) is 0 Å². The van der Waals surface area contributed by atoms with E-state index < -0.39 is 16.9 Å². The van der Waals surface area contributed by atoms with Crippen molar-refractivity contribution in [3.63, 3.8) is 0 Å². The number of nitro groups is 1. The van der Waals surface area contributed by atoms with E-state index in [4.69, 9.17) is 9.84 Å². The van der Waals surface area contributed by atoms with Crippen LogP contribution in [0.3, 0.4) is 0 Å². The zero-order chi connectivity index (χ0) is 14.6. The predicted molar refractivity (Wildman–Crippen MR) is 72.5 cm³/mol. The first kappa shape index (κ1) is 15.4. The number of nitrogens with zero attached hydrogens (tertiary/aromatic N) is 1. The first-order valence-electron chi connectivity index (χ1n) is 5.29. The van der Waals surface area contributed by atoms with Gasteiger partial charge in [-0.1, -0.05) is 0 Å². The van der Waals surface area contributed by atoms with Crippen LogP contribution < -0.4 is 5.32 Å². The Bertz CT molecular complexity index is 506. The molecule has 0 saturated carbocycles. The summed E-state index contributed by atoms with van der Waals surface area (Å²) in [6.45, 7) is 1.57. The molecule has 1 aromatic rings. The number of hydrogen-bond donors (Lipinski definition) is 2. The van der Waals surface area contributed by atoms with Crippen LogP contribution in [0.15, 0.2) is 16.6 Å². The van der Waals surface area contributed by atoms with Gasteiger partial charge in [0, 0.05) is 28.9 Å². The number of carbonyl (C=O) groups is 1. The Kier molecular flexibility index (Phi) is 5.25. The fraction of sp³-hybridized carbons (Fsp3) is 0.364. The van der Waals surface area contributed by atoms with Crippen LogP contribution in [-0.4, -0.2) is 35.8 Å². The average Bonchev–Trinajstić information content (AvgIpc) is 2.32. The molecule has 104 valence electrons. The van der Waals surface area contributed by atoms with Crippen molar-refractivity contribution in [1.82, 2.24) is 0 Å². The van der Waals surface area contributed by atoms with Gasteiger partial charge in [-0.2, -0.15) is 0 Å². The van der Waals surface area contributed by atoms with Crippen molar-refractivity contribution in [3.05, 3.63) is 32.3 Å². The van der Waals surface area contributed by atoms with Crippen LogP contribution >= 0.6 is 15.9 Å². The smallest absolute Gasteiger partial charge is 0.328 e. The first-order chi connectivity index (χ1) is 8.86. The number of benzene rings is 1. The van der Waals surface area contributed by atoms with Gasteiger partial charge in [-0.05, 0) is 28.9 Å². The van der Waals surface area contributed by atoms with Crippen molar-refractivity contribution >= 4 is 33.3 Å². The van der Waals surface area contributed by atoms with Gasteiger partial charge in [0.2, 0.25) is 0 Å². The molecule has 0 fully saturated rings. The van der Waals surface area contributed by atoms with Gasteiger partial charge >= 0.3 is 5.97 Å². The number of ether oxygens (including phenoxy) is 1. The quantitative estimate of drug-likeness (QED) is 0.611. The zero-order valence-corrected chi connectivity index (χ0v) is 11.9. The van der Waals surface area contributed by atoms with Crippen molar-refractivity contribution in [2.24, 2.45) is 0 Å². The van der Waals surface area contributed by atoms with E-state index in [1.165, 1.54) is 19.2 Å². The molecule has 0 amide bonds. The normalized spacial score (nSPS) is 11.9. The van der Waals surface area contributed by atoms with Gasteiger partial charge in [0.05, 0.1) is 11.5 Å². The summed E-state index contributed by atoms with van der Waals surface area (Å²) in [4.78, 5) is 21.3. The first-order valence-corrected chi connectivity index (χ1v) is 6.09. The third-order valence-corrected chi connectivity index (χ3v) is 3.10. The van der Waals surface area contributed by atoms with Gasteiger partial charge in [0.1, 0.15) is 6.04 Å². The molecule has 0 bridgehead atoms. The molecule has 0 spiro atoms. The average molecular weight is 333 g/mol. The third kappa shape index (κ3) is 3.90. The Labute approximate surface area is 117 Å². The zero-order valence-electron chi connectivity index (χ0n) is 10.3. The topological polar surface area (TPSA) is 102 Å². The second-order valence-corrected chi connectivity index (χ2v) is 4.72. The van der Waals surface area contributed by atoms with E-state index >= 15 is 0 Å². The molecule has 7 nitrogen and oxygen atoms in total. The molecule has 0 aromatic heterocycles. The summed E-state index contributed by atoms with van der Waals surface area (Å²) in [5, 5.41) is 22.5. The number of methoxy groups -OCH3 is 1. The second-order valence-electron chi connectivity index (χ2n) is 3.87. The molecule has 0 aliphatic rings. The Morgan fingerprint density at radius 3 is 2.74 bits per heavy atom. The number of rotatable bonds is 6. The molecule has 0 aliphatic heterocycles. The second kappa shape index (κ2) is 6.48. The lowest BCUT2D eigenvalue weighted by molar-refractivity contribution is -0.385. The standard InChI is InChI=1S/C11H13BrN2O5/c1-6-3-8(7(12)4-10(6)14(17)18)13-9(5-19-2)11(15)16/h3-4,9,13H,5H2,1-2H3,(H,15,16). The molecule has 0 heterocycles. The molecular weight excluding hydrogens is 320 g/mol. The number of nitro benzene ring substituents is 1. The summed E-state index contributed by atoms with van der Waals surface area (Å²) >= 11 is 3.18. The number of hydrogen-bond acceptors (Lipinski definition) is 5. The lowest BCUT2D eigenvalue weighted by Gasteiger charge is -2.16. The minimum atomic E-state index is -1.07. The van der Waals surface area contributed by atoms with Gasteiger partial charge in [0.25, 0.3) is 5.69 Å². The van der Waals surface area contributed by atoms with Gasteiger partial charge in [-0.3, -0.25) is 10.1 Å². The van der Waals surface area contributed by atoms with E-state index in [2.05, 4.69) is 21.2 Å². The Balaban J connectivity index is 3.04. The number of aryl methyl sites for hydroxylation is 1. The molecular formula is C11H13BrN2O5. The van der Waals surface area contributed by atoms with E-state index in [1.807, 2.05) is 0 Å². The fourth-order valence-corrected chi connectivity index (χ4v) is 1.95. The maximum absolute atomic E-state index is 11.0. The molecule has 1 atom stereocenters. The minimum Gasteiger partial charge on any atom is -0.480 e. The van der Waals surface area contributed by atoms with Crippen LogP contribution in [0, 0.1) is 17.0 Å². The highest BCUT2D eigenvalue weighted by Gasteiger charge is 2.20. The number of anilines is 1. The van der Waals surface area contributed by atoms with Crippen LogP contribution in [0.2, 0.25) is 0 Å². The van der Waals surface area contributed by atoms with Crippen LogP contribution in [0.4, 0.5) is 11.4 Å². The number of nitrogens with one attached hydrogen (secondary N) is 1. The molecule has 0 aliphatic carbocycles. The SMILES string of the molecule is COCC(Nc1cc(C)c([N+](=O)[O-])cc1Br)C(=O)O. The van der Waals surface area contributed by atoms with Crippen LogP contribution in [0.25, 0.3) is 0 Å². The van der Waals surface area contributed by atoms with Crippen LogP contribution in [0.5, 0.6) is 0 Å². The summed E-state index contributed by atoms with van der Waals surface area (Å²) in [6.07, 6.45) is 0. The van der Waals surface area contributed by atoms with E-state index in [1.54, 1.807) is 6.92 Å². The highest BCUT2D eigenvalue weighted by molar-refractivity contribution is 9.10. The molecule has 1 rings (SSSR count). The third-order valence-electron chi connectivity index (χ3n) is 2.44.